The third kappa shape index (κ3) is 7.03. The van der Waals surface area contributed by atoms with Crippen molar-refractivity contribution in [3.05, 3.63) is 11.6 Å². The van der Waals surface area contributed by atoms with E-state index in [2.05, 4.69) is 15.2 Å². The normalized spacial score (nSPS) is 7.09. The molecule has 0 amide bonds. The third-order valence-corrected chi connectivity index (χ3v) is 0.709. The summed E-state index contributed by atoms with van der Waals surface area (Å²) < 4.78 is 0. The van der Waals surface area contributed by atoms with Gasteiger partial charge in [0, 0.05) is 1.43 Å². The van der Waals surface area contributed by atoms with Crippen molar-refractivity contribution < 1.29 is 1.43 Å². The molecule has 3 heteroatoms. The fourth-order valence-electron chi connectivity index (χ4n) is 0.455. The van der Waals surface area contributed by atoms with Crippen molar-refractivity contribution in [1.82, 2.24) is 15.2 Å². The molecule has 11 heavy (non-hydrogen) atoms. The molecule has 1 rings (SSSR count). The van der Waals surface area contributed by atoms with E-state index in [1.807, 2.05) is 41.5 Å². The molecular formula is C8H21N3. The fourth-order valence-corrected chi connectivity index (χ4v) is 0.455. The predicted octanol–water partition coefficient (Wildman–Crippen LogP) is 2.72. The molecule has 0 unspecified atom stereocenters. The molecule has 0 aromatic carbocycles. The van der Waals surface area contributed by atoms with E-state index in [0.29, 0.717) is 0 Å². The van der Waals surface area contributed by atoms with Crippen LogP contribution < -0.4 is 0 Å². The first-order valence-electron chi connectivity index (χ1n) is 4.14. The first kappa shape index (κ1) is 12.8. The highest BCUT2D eigenvalue weighted by molar-refractivity contribution is 4.82. The van der Waals surface area contributed by atoms with Crippen LogP contribution in [0, 0.1) is 13.8 Å². The van der Waals surface area contributed by atoms with Crippen LogP contribution in [0.4, 0.5) is 0 Å². The molecule has 3 nitrogen and oxygen atoms in total. The first-order chi connectivity index (χ1) is 5.29. The molecule has 0 radical (unpaired) electrons. The summed E-state index contributed by atoms with van der Waals surface area (Å²) in [5.74, 6) is 1.68. The zero-order valence-electron chi connectivity index (χ0n) is 8.39. The van der Waals surface area contributed by atoms with Gasteiger partial charge in [0.05, 0.1) is 0 Å². The van der Waals surface area contributed by atoms with Crippen molar-refractivity contribution in [3.8, 4) is 0 Å². The van der Waals surface area contributed by atoms with E-state index in [1.54, 1.807) is 0 Å². The fraction of sp³-hybridized carbons (Fsp3) is 0.750. The second-order valence-electron chi connectivity index (χ2n) is 1.47. The van der Waals surface area contributed by atoms with Gasteiger partial charge in [-0.1, -0.05) is 27.7 Å². The van der Waals surface area contributed by atoms with Crippen LogP contribution in [0.25, 0.3) is 0 Å². The van der Waals surface area contributed by atoms with Gasteiger partial charge in [0.1, 0.15) is 11.6 Å². The Hall–Kier alpha value is -0.860. The number of nitrogens with zero attached hydrogens (tertiary/aromatic N) is 2. The number of aromatic nitrogens is 3. The van der Waals surface area contributed by atoms with Gasteiger partial charge in [0.2, 0.25) is 0 Å². The van der Waals surface area contributed by atoms with E-state index in [4.69, 9.17) is 0 Å². The Labute approximate surface area is 70.7 Å². The summed E-state index contributed by atoms with van der Waals surface area (Å²) in [5.41, 5.74) is 0. The van der Waals surface area contributed by atoms with Crippen LogP contribution in [0.2, 0.25) is 0 Å². The number of hydrogen-bond acceptors (Lipinski definition) is 2. The van der Waals surface area contributed by atoms with Crippen molar-refractivity contribution in [2.24, 2.45) is 0 Å². The van der Waals surface area contributed by atoms with E-state index >= 15 is 0 Å². The lowest BCUT2D eigenvalue weighted by Gasteiger charge is -1.68. The van der Waals surface area contributed by atoms with Gasteiger partial charge in [-0.2, -0.15) is 5.10 Å². The second kappa shape index (κ2) is 9.14. The minimum atomic E-state index is 0. The Kier molecular flexibility index (Phi) is 10.6. The maximum atomic E-state index is 3.94. The Morgan fingerprint density at radius 1 is 1.09 bits per heavy atom. The van der Waals surface area contributed by atoms with Gasteiger partial charge in [-0.25, -0.2) is 4.98 Å². The van der Waals surface area contributed by atoms with E-state index in [1.165, 1.54) is 0 Å². The molecule has 0 saturated heterocycles. The first-order valence-corrected chi connectivity index (χ1v) is 4.14. The largest absolute Gasteiger partial charge is 0.263 e. The Bertz CT molecular complexity index is 147. The van der Waals surface area contributed by atoms with Gasteiger partial charge < -0.3 is 0 Å². The topological polar surface area (TPSA) is 41.6 Å². The summed E-state index contributed by atoms with van der Waals surface area (Å²) in [5, 5.41) is 6.49. The van der Waals surface area contributed by atoms with Gasteiger partial charge in [0.25, 0.3) is 0 Å². The third-order valence-electron chi connectivity index (χ3n) is 0.709. The van der Waals surface area contributed by atoms with Crippen molar-refractivity contribution in [2.75, 3.05) is 0 Å². The van der Waals surface area contributed by atoms with Crippen LogP contribution in [0.15, 0.2) is 0 Å². The van der Waals surface area contributed by atoms with Crippen LogP contribution in [-0.2, 0) is 0 Å². The summed E-state index contributed by atoms with van der Waals surface area (Å²) >= 11 is 0. The molecule has 1 N–H and O–H groups in total. The standard InChI is InChI=1S/C4H7N3.2C2H6.H2/c1-3-5-4(2)7-6-3;2*1-2;/h1-2H3,(H,5,6,7);2*1-2H3;1H. The Morgan fingerprint density at radius 3 is 1.64 bits per heavy atom. The van der Waals surface area contributed by atoms with E-state index < -0.39 is 0 Å². The van der Waals surface area contributed by atoms with Crippen LogP contribution in [-0.4, -0.2) is 15.2 Å². The van der Waals surface area contributed by atoms with Gasteiger partial charge in [0.15, 0.2) is 0 Å². The molecule has 0 saturated carbocycles. The molecule has 1 aromatic heterocycles. The van der Waals surface area contributed by atoms with Crippen molar-refractivity contribution in [3.63, 3.8) is 0 Å². The summed E-state index contributed by atoms with van der Waals surface area (Å²) in [6.45, 7) is 11.7. The number of aromatic amines is 1. The summed E-state index contributed by atoms with van der Waals surface area (Å²) in [7, 11) is 0. The maximum absolute atomic E-state index is 3.94. The molecule has 0 aliphatic carbocycles. The summed E-state index contributed by atoms with van der Waals surface area (Å²) in [6.07, 6.45) is 0. The molecule has 0 aliphatic heterocycles. The minimum absolute atomic E-state index is 0. The molecule has 0 fully saturated rings. The Morgan fingerprint density at radius 2 is 1.55 bits per heavy atom. The average molecular weight is 159 g/mol. The van der Waals surface area contributed by atoms with E-state index in [0.717, 1.165) is 11.6 Å². The van der Waals surface area contributed by atoms with Gasteiger partial charge >= 0.3 is 0 Å². The molecule has 0 aliphatic rings. The van der Waals surface area contributed by atoms with Crippen LogP contribution in [0.3, 0.4) is 0 Å². The maximum Gasteiger partial charge on any atom is 0.147 e. The highest BCUT2D eigenvalue weighted by atomic mass is 15.2. The monoisotopic (exact) mass is 159 g/mol. The molecule has 1 heterocycles. The lowest BCUT2D eigenvalue weighted by molar-refractivity contribution is 1.02. The summed E-state index contributed by atoms with van der Waals surface area (Å²) in [4.78, 5) is 3.94. The van der Waals surface area contributed by atoms with Crippen molar-refractivity contribution in [1.29, 1.82) is 0 Å². The van der Waals surface area contributed by atoms with Crippen molar-refractivity contribution >= 4 is 0 Å². The number of nitrogens with one attached hydrogen (secondary N) is 1. The summed E-state index contributed by atoms with van der Waals surface area (Å²) in [6, 6.07) is 0. The average Bonchev–Trinajstić information content (AvgIpc) is 2.43. The number of aryl methyl sites for hydroxylation is 2. The van der Waals surface area contributed by atoms with E-state index in [9.17, 15) is 0 Å². The molecule has 1 aromatic rings. The molecule has 0 atom stereocenters. The molecule has 0 bridgehead atoms. The number of hydrogen-bond donors (Lipinski definition) is 1. The molecular weight excluding hydrogens is 138 g/mol. The zero-order valence-corrected chi connectivity index (χ0v) is 8.39. The van der Waals surface area contributed by atoms with Crippen molar-refractivity contribution in [2.45, 2.75) is 41.5 Å². The predicted molar refractivity (Wildman–Crippen MR) is 50.7 cm³/mol. The second-order valence-corrected chi connectivity index (χ2v) is 1.47. The van der Waals surface area contributed by atoms with Gasteiger partial charge in [-0.3, -0.25) is 5.10 Å². The molecule has 68 valence electrons. The van der Waals surface area contributed by atoms with Crippen LogP contribution in [0.5, 0.6) is 0 Å². The highest BCUT2D eigenvalue weighted by Gasteiger charge is 1.86. The van der Waals surface area contributed by atoms with Gasteiger partial charge in [-0.05, 0) is 13.8 Å². The lowest BCUT2D eigenvalue weighted by Crippen LogP contribution is -1.70. The molecule has 0 spiro atoms. The lowest BCUT2D eigenvalue weighted by atomic mass is 10.7. The quantitative estimate of drug-likeness (QED) is 0.632. The number of rotatable bonds is 0. The van der Waals surface area contributed by atoms with Crippen LogP contribution in [0.1, 0.15) is 40.8 Å². The smallest absolute Gasteiger partial charge is 0.147 e. The zero-order chi connectivity index (χ0) is 9.28. The van der Waals surface area contributed by atoms with Gasteiger partial charge in [-0.15, -0.1) is 0 Å². The minimum Gasteiger partial charge on any atom is -0.263 e. The van der Waals surface area contributed by atoms with E-state index in [-0.39, 0.29) is 1.43 Å². The SMILES string of the molecule is CC.CC.Cc1n[nH]c(C)n1.[HH]. The Balaban J connectivity index is -0.000000144. The number of H-pyrrole nitrogens is 1. The van der Waals surface area contributed by atoms with Crippen LogP contribution >= 0.6 is 0 Å². The highest BCUT2D eigenvalue weighted by Crippen LogP contribution is 1.83.